The number of benzene rings is 1. The predicted molar refractivity (Wildman–Crippen MR) is 88.1 cm³/mol. The van der Waals surface area contributed by atoms with Crippen molar-refractivity contribution in [2.75, 3.05) is 19.7 Å². The van der Waals surface area contributed by atoms with Gasteiger partial charge in [-0.1, -0.05) is 12.1 Å². The number of rotatable bonds is 3. The molecule has 26 heavy (non-hydrogen) atoms. The molecule has 5 nitrogen and oxygen atoms in total. The number of hydrogen-bond donors (Lipinski definition) is 1. The summed E-state index contributed by atoms with van der Waals surface area (Å²) in [4.78, 5) is 21.9. The Morgan fingerprint density at radius 1 is 1.27 bits per heavy atom. The van der Waals surface area contributed by atoms with Gasteiger partial charge in [-0.3, -0.25) is 14.8 Å². The first kappa shape index (κ1) is 18.3. The lowest BCUT2D eigenvalue weighted by molar-refractivity contribution is -0.137. The van der Waals surface area contributed by atoms with Gasteiger partial charge in [0.05, 0.1) is 17.0 Å². The molecule has 1 atom stereocenters. The Kier molecular flexibility index (Phi) is 5.22. The Morgan fingerprint density at radius 2 is 2.04 bits per heavy atom. The maximum Gasteiger partial charge on any atom is 0.416 e. The summed E-state index contributed by atoms with van der Waals surface area (Å²) in [5.41, 5.74) is 0.560. The van der Waals surface area contributed by atoms with E-state index in [1.54, 1.807) is 11.0 Å². The van der Waals surface area contributed by atoms with Crippen molar-refractivity contribution < 1.29 is 23.1 Å². The van der Waals surface area contributed by atoms with Crippen LogP contribution in [-0.4, -0.2) is 45.6 Å². The standard InChI is InChI=1S/C18H18F3N3O2/c19-18(20,21)14-5-1-3-12(9-14)16-17(23-7-6-22-16)13-4-2-8-24(10-13)15(26)11-25/h1,3,5-7,9,13,25H,2,4,8,10-11H2/t13-/m1/s1. The van der Waals surface area contributed by atoms with Crippen LogP contribution >= 0.6 is 0 Å². The first-order chi connectivity index (χ1) is 12.4. The normalized spacial score (nSPS) is 18.0. The third-order valence-electron chi connectivity index (χ3n) is 4.49. The van der Waals surface area contributed by atoms with Gasteiger partial charge in [-0.25, -0.2) is 0 Å². The fourth-order valence-electron chi connectivity index (χ4n) is 3.24. The van der Waals surface area contributed by atoms with Crippen molar-refractivity contribution in [3.63, 3.8) is 0 Å². The largest absolute Gasteiger partial charge is 0.416 e. The summed E-state index contributed by atoms with van der Waals surface area (Å²) in [5, 5.41) is 9.06. The SMILES string of the molecule is O=C(CO)N1CCC[C@@H](c2nccnc2-c2cccc(C(F)(F)F)c2)C1. The Bertz CT molecular complexity index is 795. The van der Waals surface area contributed by atoms with Crippen molar-refractivity contribution in [1.82, 2.24) is 14.9 Å². The quantitative estimate of drug-likeness (QED) is 0.908. The minimum Gasteiger partial charge on any atom is -0.387 e. The fraction of sp³-hybridized carbons (Fsp3) is 0.389. The predicted octanol–water partition coefficient (Wildman–Crippen LogP) is 2.86. The van der Waals surface area contributed by atoms with Crippen molar-refractivity contribution in [3.8, 4) is 11.3 Å². The number of carbonyl (C=O) groups is 1. The van der Waals surface area contributed by atoms with Gasteiger partial charge in [0.2, 0.25) is 5.91 Å². The van der Waals surface area contributed by atoms with Crippen LogP contribution in [0.3, 0.4) is 0 Å². The summed E-state index contributed by atoms with van der Waals surface area (Å²) in [6.07, 6.45) is -0.0136. The van der Waals surface area contributed by atoms with Crippen molar-refractivity contribution in [2.24, 2.45) is 0 Å². The van der Waals surface area contributed by atoms with Crippen LogP contribution in [0.2, 0.25) is 0 Å². The number of hydrogen-bond acceptors (Lipinski definition) is 4. The number of aliphatic hydroxyl groups is 1. The van der Waals surface area contributed by atoms with Crippen molar-refractivity contribution in [2.45, 2.75) is 24.9 Å². The molecule has 0 aliphatic carbocycles. The maximum absolute atomic E-state index is 13.0. The summed E-state index contributed by atoms with van der Waals surface area (Å²) in [5.74, 6) is -0.503. The Balaban J connectivity index is 1.95. The molecule has 2 heterocycles. The lowest BCUT2D eigenvalue weighted by Crippen LogP contribution is -2.40. The first-order valence-corrected chi connectivity index (χ1v) is 8.27. The average molecular weight is 365 g/mol. The van der Waals surface area contributed by atoms with E-state index in [-0.39, 0.29) is 11.8 Å². The molecule has 1 aromatic carbocycles. The van der Waals surface area contributed by atoms with Crippen LogP contribution in [-0.2, 0) is 11.0 Å². The molecule has 138 valence electrons. The van der Waals surface area contributed by atoms with Gasteiger partial charge in [0.1, 0.15) is 6.61 Å². The number of aliphatic hydroxyl groups excluding tert-OH is 1. The molecule has 0 radical (unpaired) electrons. The van der Waals surface area contributed by atoms with Gasteiger partial charge in [-0.2, -0.15) is 13.2 Å². The monoisotopic (exact) mass is 365 g/mol. The van der Waals surface area contributed by atoms with Crippen molar-refractivity contribution >= 4 is 5.91 Å². The fourth-order valence-corrected chi connectivity index (χ4v) is 3.24. The molecular formula is C18H18F3N3O2. The smallest absolute Gasteiger partial charge is 0.387 e. The summed E-state index contributed by atoms with van der Waals surface area (Å²) in [6, 6.07) is 5.00. The van der Waals surface area contributed by atoms with Crippen LogP contribution < -0.4 is 0 Å². The van der Waals surface area contributed by atoms with E-state index < -0.39 is 18.3 Å². The Morgan fingerprint density at radius 3 is 2.77 bits per heavy atom. The molecular weight excluding hydrogens is 347 g/mol. The van der Waals surface area contributed by atoms with Gasteiger partial charge in [-0.15, -0.1) is 0 Å². The molecule has 2 aromatic rings. The number of amides is 1. The molecule has 1 fully saturated rings. The molecule has 0 unspecified atom stereocenters. The second-order valence-electron chi connectivity index (χ2n) is 6.21. The summed E-state index contributed by atoms with van der Waals surface area (Å²) >= 11 is 0. The minimum atomic E-state index is -4.44. The maximum atomic E-state index is 13.0. The molecule has 1 aliphatic heterocycles. The molecule has 1 amide bonds. The number of halogens is 3. The number of carbonyl (C=O) groups excluding carboxylic acids is 1. The van der Waals surface area contributed by atoms with Crippen molar-refractivity contribution in [3.05, 3.63) is 47.9 Å². The minimum absolute atomic E-state index is 0.141. The molecule has 1 aromatic heterocycles. The lowest BCUT2D eigenvalue weighted by atomic mass is 9.91. The second kappa shape index (κ2) is 7.41. The topological polar surface area (TPSA) is 66.3 Å². The van der Waals surface area contributed by atoms with Crippen LogP contribution in [0, 0.1) is 0 Å². The Hall–Kier alpha value is -2.48. The van der Waals surface area contributed by atoms with E-state index >= 15 is 0 Å². The molecule has 1 N–H and O–H groups in total. The molecule has 3 rings (SSSR count). The highest BCUT2D eigenvalue weighted by molar-refractivity contribution is 5.77. The van der Waals surface area contributed by atoms with Gasteiger partial charge < -0.3 is 10.0 Å². The van der Waals surface area contributed by atoms with Crippen LogP contribution in [0.5, 0.6) is 0 Å². The van der Waals surface area contributed by atoms with Gasteiger partial charge in [0.25, 0.3) is 0 Å². The highest BCUT2D eigenvalue weighted by Crippen LogP contribution is 2.35. The van der Waals surface area contributed by atoms with Gasteiger partial charge in [0.15, 0.2) is 0 Å². The van der Waals surface area contributed by atoms with Gasteiger partial charge in [0, 0.05) is 37.0 Å². The van der Waals surface area contributed by atoms with Crippen LogP contribution in [0.4, 0.5) is 13.2 Å². The number of piperidine rings is 1. The third-order valence-corrected chi connectivity index (χ3v) is 4.49. The van der Waals surface area contributed by atoms with E-state index in [9.17, 15) is 18.0 Å². The lowest BCUT2D eigenvalue weighted by Gasteiger charge is -2.32. The third kappa shape index (κ3) is 3.85. The van der Waals surface area contributed by atoms with Crippen LogP contribution in [0.1, 0.15) is 30.0 Å². The van der Waals surface area contributed by atoms with Crippen molar-refractivity contribution in [1.29, 1.82) is 0 Å². The van der Waals surface area contributed by atoms with E-state index in [0.717, 1.165) is 25.0 Å². The molecule has 8 heteroatoms. The van der Waals surface area contributed by atoms with Gasteiger partial charge >= 0.3 is 6.18 Å². The molecule has 0 saturated carbocycles. The number of likely N-dealkylation sites (tertiary alicyclic amines) is 1. The zero-order chi connectivity index (χ0) is 18.7. The molecule has 0 spiro atoms. The molecule has 0 bridgehead atoms. The van der Waals surface area contributed by atoms with Gasteiger partial charge in [-0.05, 0) is 25.0 Å². The molecule has 1 aliphatic rings. The van der Waals surface area contributed by atoms with Crippen LogP contribution in [0.15, 0.2) is 36.7 Å². The van der Waals surface area contributed by atoms with E-state index in [2.05, 4.69) is 9.97 Å². The first-order valence-electron chi connectivity index (χ1n) is 8.27. The molecule has 1 saturated heterocycles. The summed E-state index contributed by atoms with van der Waals surface area (Å²) in [7, 11) is 0. The van der Waals surface area contributed by atoms with E-state index in [4.69, 9.17) is 5.11 Å². The number of alkyl halides is 3. The van der Waals surface area contributed by atoms with E-state index in [1.807, 2.05) is 0 Å². The summed E-state index contributed by atoms with van der Waals surface area (Å²) < 4.78 is 39.0. The number of nitrogens with zero attached hydrogens (tertiary/aromatic N) is 3. The zero-order valence-corrected chi connectivity index (χ0v) is 13.9. The van der Waals surface area contributed by atoms with E-state index in [0.29, 0.717) is 30.0 Å². The highest BCUT2D eigenvalue weighted by atomic mass is 19.4. The second-order valence-corrected chi connectivity index (χ2v) is 6.21. The zero-order valence-electron chi connectivity index (χ0n) is 13.9. The Labute approximate surface area is 148 Å². The highest BCUT2D eigenvalue weighted by Gasteiger charge is 2.32. The number of aromatic nitrogens is 2. The average Bonchev–Trinajstić information content (AvgIpc) is 2.67. The van der Waals surface area contributed by atoms with Crippen LogP contribution in [0.25, 0.3) is 11.3 Å². The van der Waals surface area contributed by atoms with E-state index in [1.165, 1.54) is 18.5 Å². The summed E-state index contributed by atoms with van der Waals surface area (Å²) in [6.45, 7) is 0.354.